The van der Waals surface area contributed by atoms with Crippen molar-refractivity contribution in [2.75, 3.05) is 26.2 Å². The second-order valence-corrected chi connectivity index (χ2v) is 2.79. The van der Waals surface area contributed by atoms with Gasteiger partial charge in [0.1, 0.15) is 0 Å². The van der Waals surface area contributed by atoms with Crippen molar-refractivity contribution in [2.45, 2.75) is 19.4 Å². The van der Waals surface area contributed by atoms with Gasteiger partial charge in [0.05, 0.1) is 6.54 Å². The molecule has 1 aliphatic rings. The topological polar surface area (TPSA) is 15.3 Å². The standard InChI is InChI=1S/C7H14F2N2/c1-2-11(5-7(8)9)6-3-10-4-6/h6-7,10H,2-5H2,1H3. The molecule has 0 aromatic carbocycles. The molecule has 1 saturated heterocycles. The van der Waals surface area contributed by atoms with Crippen LogP contribution in [0.3, 0.4) is 0 Å². The molecule has 1 heterocycles. The Morgan fingerprint density at radius 3 is 2.45 bits per heavy atom. The molecular formula is C7H14F2N2. The molecule has 1 rings (SSSR count). The molecule has 2 nitrogen and oxygen atoms in total. The highest BCUT2D eigenvalue weighted by Gasteiger charge is 2.24. The normalized spacial score (nSPS) is 19.4. The zero-order chi connectivity index (χ0) is 8.27. The van der Waals surface area contributed by atoms with Crippen molar-refractivity contribution in [1.82, 2.24) is 10.2 Å². The Balaban J connectivity index is 2.23. The van der Waals surface area contributed by atoms with E-state index in [4.69, 9.17) is 0 Å². The molecule has 0 spiro atoms. The molecule has 0 aromatic rings. The molecule has 0 aromatic heterocycles. The Morgan fingerprint density at radius 2 is 2.18 bits per heavy atom. The van der Waals surface area contributed by atoms with Crippen LogP contribution in [0.4, 0.5) is 8.78 Å². The van der Waals surface area contributed by atoms with Crippen molar-refractivity contribution in [2.24, 2.45) is 0 Å². The summed E-state index contributed by atoms with van der Waals surface area (Å²) in [5, 5.41) is 3.06. The molecule has 0 atom stereocenters. The predicted octanol–water partition coefficient (Wildman–Crippen LogP) is 0.545. The molecule has 11 heavy (non-hydrogen) atoms. The second-order valence-electron chi connectivity index (χ2n) is 2.79. The van der Waals surface area contributed by atoms with E-state index in [9.17, 15) is 8.78 Å². The molecule has 0 radical (unpaired) electrons. The third-order valence-electron chi connectivity index (χ3n) is 2.06. The van der Waals surface area contributed by atoms with Gasteiger partial charge in [-0.05, 0) is 6.54 Å². The maximum atomic E-state index is 11.9. The Hall–Kier alpha value is -0.220. The van der Waals surface area contributed by atoms with Crippen LogP contribution in [0.5, 0.6) is 0 Å². The first kappa shape index (κ1) is 8.87. The van der Waals surface area contributed by atoms with E-state index in [0.717, 1.165) is 19.6 Å². The summed E-state index contributed by atoms with van der Waals surface area (Å²) in [6.45, 7) is 4.28. The summed E-state index contributed by atoms with van der Waals surface area (Å²) < 4.78 is 23.9. The highest BCUT2D eigenvalue weighted by atomic mass is 19.3. The van der Waals surface area contributed by atoms with Crippen LogP contribution >= 0.6 is 0 Å². The molecule has 1 N–H and O–H groups in total. The first-order valence-electron chi connectivity index (χ1n) is 3.97. The molecule has 0 amide bonds. The van der Waals surface area contributed by atoms with E-state index in [2.05, 4.69) is 5.32 Å². The van der Waals surface area contributed by atoms with E-state index in [1.165, 1.54) is 0 Å². The number of halogens is 2. The quantitative estimate of drug-likeness (QED) is 0.652. The maximum Gasteiger partial charge on any atom is 0.251 e. The van der Waals surface area contributed by atoms with Crippen molar-refractivity contribution < 1.29 is 8.78 Å². The lowest BCUT2D eigenvalue weighted by atomic mass is 10.1. The third kappa shape index (κ3) is 2.38. The lowest BCUT2D eigenvalue weighted by Gasteiger charge is -2.37. The SMILES string of the molecule is CCN(CC(F)F)C1CNC1. The number of nitrogens with one attached hydrogen (secondary N) is 1. The summed E-state index contributed by atoms with van der Waals surface area (Å²) >= 11 is 0. The van der Waals surface area contributed by atoms with E-state index >= 15 is 0 Å². The van der Waals surface area contributed by atoms with Crippen molar-refractivity contribution in [1.29, 1.82) is 0 Å². The summed E-state index contributed by atoms with van der Waals surface area (Å²) in [4.78, 5) is 1.82. The zero-order valence-electron chi connectivity index (χ0n) is 6.69. The van der Waals surface area contributed by atoms with Crippen molar-refractivity contribution >= 4 is 0 Å². The van der Waals surface area contributed by atoms with Crippen molar-refractivity contribution in [3.8, 4) is 0 Å². The first-order valence-corrected chi connectivity index (χ1v) is 3.97. The van der Waals surface area contributed by atoms with Gasteiger partial charge in [0.2, 0.25) is 0 Å². The minimum Gasteiger partial charge on any atom is -0.314 e. The van der Waals surface area contributed by atoms with Gasteiger partial charge in [0.15, 0.2) is 0 Å². The summed E-state index contributed by atoms with van der Waals surface area (Å²) in [5.74, 6) is 0. The number of nitrogens with zero attached hydrogens (tertiary/aromatic N) is 1. The van der Waals surface area contributed by atoms with E-state index < -0.39 is 6.43 Å². The number of likely N-dealkylation sites (N-methyl/N-ethyl adjacent to an activating group) is 1. The maximum absolute atomic E-state index is 11.9. The Kier molecular flexibility index (Phi) is 3.20. The van der Waals surface area contributed by atoms with Crippen molar-refractivity contribution in [3.63, 3.8) is 0 Å². The van der Waals surface area contributed by atoms with Gasteiger partial charge in [-0.3, -0.25) is 4.90 Å². The second kappa shape index (κ2) is 3.97. The van der Waals surface area contributed by atoms with Gasteiger partial charge in [-0.1, -0.05) is 6.92 Å². The highest BCUT2D eigenvalue weighted by Crippen LogP contribution is 2.07. The van der Waals surface area contributed by atoms with E-state index in [1.54, 1.807) is 0 Å². The van der Waals surface area contributed by atoms with Crippen LogP contribution in [-0.4, -0.2) is 43.5 Å². The monoisotopic (exact) mass is 164 g/mol. The molecule has 0 unspecified atom stereocenters. The van der Waals surface area contributed by atoms with Crippen LogP contribution in [0.1, 0.15) is 6.92 Å². The lowest BCUT2D eigenvalue weighted by Crippen LogP contribution is -2.57. The van der Waals surface area contributed by atoms with Crippen LogP contribution in [-0.2, 0) is 0 Å². The number of hydrogen-bond acceptors (Lipinski definition) is 2. The van der Waals surface area contributed by atoms with E-state index in [0.29, 0.717) is 6.04 Å². The van der Waals surface area contributed by atoms with Crippen LogP contribution in [0.2, 0.25) is 0 Å². The molecule has 66 valence electrons. The number of rotatable bonds is 4. The first-order chi connectivity index (χ1) is 5.24. The fourth-order valence-electron chi connectivity index (χ4n) is 1.25. The van der Waals surface area contributed by atoms with Crippen LogP contribution < -0.4 is 5.32 Å². The van der Waals surface area contributed by atoms with Crippen LogP contribution in [0, 0.1) is 0 Å². The average molecular weight is 164 g/mol. The average Bonchev–Trinajstić information content (AvgIpc) is 1.81. The van der Waals surface area contributed by atoms with Gasteiger partial charge in [0, 0.05) is 19.1 Å². The van der Waals surface area contributed by atoms with Gasteiger partial charge in [-0.2, -0.15) is 0 Å². The Labute approximate surface area is 65.6 Å². The Morgan fingerprint density at radius 1 is 1.55 bits per heavy atom. The molecule has 0 saturated carbocycles. The fraction of sp³-hybridized carbons (Fsp3) is 1.00. The minimum absolute atomic E-state index is 0.0805. The fourth-order valence-corrected chi connectivity index (χ4v) is 1.25. The van der Waals surface area contributed by atoms with Crippen molar-refractivity contribution in [3.05, 3.63) is 0 Å². The van der Waals surface area contributed by atoms with Gasteiger partial charge in [0.25, 0.3) is 6.43 Å². The summed E-state index contributed by atoms with van der Waals surface area (Å²) in [5.41, 5.74) is 0. The molecule has 1 fully saturated rings. The van der Waals surface area contributed by atoms with Crippen LogP contribution in [0.15, 0.2) is 0 Å². The summed E-state index contributed by atoms with van der Waals surface area (Å²) in [6.07, 6.45) is -2.20. The molecule has 4 heteroatoms. The lowest BCUT2D eigenvalue weighted by molar-refractivity contribution is 0.0535. The van der Waals surface area contributed by atoms with Gasteiger partial charge < -0.3 is 5.32 Å². The molecule has 0 bridgehead atoms. The highest BCUT2D eigenvalue weighted by molar-refractivity contribution is 4.84. The summed E-state index contributed by atoms with van der Waals surface area (Å²) in [6, 6.07) is 0.342. The van der Waals surface area contributed by atoms with Gasteiger partial charge in [-0.25, -0.2) is 8.78 Å². The van der Waals surface area contributed by atoms with E-state index in [1.807, 2.05) is 11.8 Å². The predicted molar refractivity (Wildman–Crippen MR) is 39.9 cm³/mol. The summed E-state index contributed by atoms with van der Waals surface area (Å²) in [7, 11) is 0. The Bertz CT molecular complexity index is 115. The smallest absolute Gasteiger partial charge is 0.251 e. The van der Waals surface area contributed by atoms with Crippen LogP contribution in [0.25, 0.3) is 0 Å². The zero-order valence-corrected chi connectivity index (χ0v) is 6.69. The molecule has 1 aliphatic heterocycles. The number of hydrogen-bond donors (Lipinski definition) is 1. The van der Waals surface area contributed by atoms with Gasteiger partial charge >= 0.3 is 0 Å². The van der Waals surface area contributed by atoms with E-state index in [-0.39, 0.29) is 6.54 Å². The molecule has 0 aliphatic carbocycles. The molecular weight excluding hydrogens is 150 g/mol. The number of alkyl halides is 2. The largest absolute Gasteiger partial charge is 0.314 e. The third-order valence-corrected chi connectivity index (χ3v) is 2.06. The minimum atomic E-state index is -2.20. The van der Waals surface area contributed by atoms with Gasteiger partial charge in [-0.15, -0.1) is 0 Å².